The number of thioether (sulfide) groups is 1. The average molecular weight is 420 g/mol. The normalized spacial score (nSPS) is 19.9. The van der Waals surface area contributed by atoms with Crippen LogP contribution in [0.1, 0.15) is 24.0 Å². The minimum absolute atomic E-state index is 0.252. The molecule has 0 bridgehead atoms. The van der Waals surface area contributed by atoms with Crippen molar-refractivity contribution >= 4 is 35.3 Å². The van der Waals surface area contributed by atoms with Crippen molar-refractivity contribution in [3.8, 4) is 6.07 Å². The highest BCUT2D eigenvalue weighted by atomic mass is 32.2. The molecular formula is C22H20N4O3S. The Kier molecular flexibility index (Phi) is 5.46. The lowest BCUT2D eigenvalue weighted by Gasteiger charge is -2.33. The van der Waals surface area contributed by atoms with Crippen molar-refractivity contribution in [2.75, 3.05) is 17.6 Å². The van der Waals surface area contributed by atoms with Crippen LogP contribution in [0.25, 0.3) is 0 Å². The second-order valence-electron chi connectivity index (χ2n) is 7.23. The molecule has 8 heteroatoms. The van der Waals surface area contributed by atoms with Crippen molar-refractivity contribution in [3.63, 3.8) is 0 Å². The van der Waals surface area contributed by atoms with Gasteiger partial charge in [-0.25, -0.2) is 4.79 Å². The Bertz CT molecular complexity index is 1060. The number of imide groups is 1. The Morgan fingerprint density at radius 3 is 2.80 bits per heavy atom. The van der Waals surface area contributed by atoms with Gasteiger partial charge in [-0.2, -0.15) is 5.26 Å². The Morgan fingerprint density at radius 2 is 1.97 bits per heavy atom. The van der Waals surface area contributed by atoms with E-state index < -0.39 is 17.5 Å². The molecule has 0 aromatic heterocycles. The van der Waals surface area contributed by atoms with Gasteiger partial charge in [-0.15, -0.1) is 11.8 Å². The summed E-state index contributed by atoms with van der Waals surface area (Å²) in [6.45, 7) is -0.369. The van der Waals surface area contributed by atoms with Gasteiger partial charge in [-0.1, -0.05) is 36.4 Å². The van der Waals surface area contributed by atoms with Crippen molar-refractivity contribution in [1.82, 2.24) is 10.2 Å². The molecule has 0 saturated carbocycles. The molecule has 1 fully saturated rings. The second kappa shape index (κ2) is 8.20. The summed E-state index contributed by atoms with van der Waals surface area (Å²) in [5, 5.41) is 14.4. The van der Waals surface area contributed by atoms with Gasteiger partial charge < -0.3 is 10.6 Å². The third-order valence-electron chi connectivity index (χ3n) is 5.41. The molecule has 2 aliphatic rings. The molecule has 0 radical (unpaired) electrons. The van der Waals surface area contributed by atoms with Crippen LogP contribution in [0.4, 0.5) is 10.5 Å². The van der Waals surface area contributed by atoms with Crippen molar-refractivity contribution in [1.29, 1.82) is 5.26 Å². The first-order valence-electron chi connectivity index (χ1n) is 9.66. The maximum atomic E-state index is 13.3. The number of hydrogen-bond acceptors (Lipinski definition) is 5. The minimum atomic E-state index is -1.09. The molecule has 1 heterocycles. The summed E-state index contributed by atoms with van der Waals surface area (Å²) in [7, 11) is 0. The lowest BCUT2D eigenvalue weighted by atomic mass is 9.76. The van der Waals surface area contributed by atoms with Crippen LogP contribution in [0.5, 0.6) is 0 Å². The number of para-hydroxylation sites is 1. The van der Waals surface area contributed by atoms with E-state index in [1.54, 1.807) is 18.2 Å². The van der Waals surface area contributed by atoms with Crippen molar-refractivity contribution in [3.05, 3.63) is 59.7 Å². The van der Waals surface area contributed by atoms with E-state index in [-0.39, 0.29) is 18.2 Å². The number of anilines is 1. The number of urea groups is 1. The third kappa shape index (κ3) is 3.53. The van der Waals surface area contributed by atoms with Gasteiger partial charge in [0.2, 0.25) is 5.91 Å². The zero-order valence-electron chi connectivity index (χ0n) is 16.2. The van der Waals surface area contributed by atoms with E-state index in [0.717, 1.165) is 33.8 Å². The first-order chi connectivity index (χ1) is 14.5. The lowest BCUT2D eigenvalue weighted by molar-refractivity contribution is -0.134. The van der Waals surface area contributed by atoms with Crippen LogP contribution in [-0.4, -0.2) is 35.0 Å². The van der Waals surface area contributed by atoms with Gasteiger partial charge in [0.05, 0.1) is 17.5 Å². The molecule has 30 heavy (non-hydrogen) atoms. The van der Waals surface area contributed by atoms with Crippen LogP contribution < -0.4 is 10.6 Å². The van der Waals surface area contributed by atoms with E-state index in [4.69, 9.17) is 5.26 Å². The van der Waals surface area contributed by atoms with Crippen LogP contribution in [0, 0.1) is 11.3 Å². The molecule has 2 aromatic rings. The number of fused-ring (bicyclic) bond motifs is 2. The van der Waals surface area contributed by atoms with Gasteiger partial charge in [-0.3, -0.25) is 14.5 Å². The first-order valence-corrected chi connectivity index (χ1v) is 10.6. The summed E-state index contributed by atoms with van der Waals surface area (Å²) < 4.78 is 0. The summed E-state index contributed by atoms with van der Waals surface area (Å²) in [4.78, 5) is 40.3. The van der Waals surface area contributed by atoms with Crippen molar-refractivity contribution < 1.29 is 14.4 Å². The van der Waals surface area contributed by atoms with E-state index in [1.165, 1.54) is 11.8 Å². The quantitative estimate of drug-likeness (QED) is 0.572. The van der Waals surface area contributed by atoms with Crippen LogP contribution in [0.2, 0.25) is 0 Å². The molecule has 1 atom stereocenters. The predicted octanol–water partition coefficient (Wildman–Crippen LogP) is 3.02. The zero-order chi connectivity index (χ0) is 21.1. The molecule has 1 saturated heterocycles. The van der Waals surface area contributed by atoms with Crippen molar-refractivity contribution in [2.45, 2.75) is 29.7 Å². The minimum Gasteiger partial charge on any atom is -0.324 e. The van der Waals surface area contributed by atoms with E-state index >= 15 is 0 Å². The largest absolute Gasteiger partial charge is 0.325 e. The van der Waals surface area contributed by atoms with E-state index in [2.05, 4.69) is 16.7 Å². The molecule has 1 aliphatic heterocycles. The molecule has 4 rings (SSSR count). The summed E-state index contributed by atoms with van der Waals surface area (Å²) in [6.07, 6.45) is 2.16. The number of rotatable bonds is 5. The van der Waals surface area contributed by atoms with Gasteiger partial charge in [0.1, 0.15) is 12.1 Å². The maximum absolute atomic E-state index is 13.3. The van der Waals surface area contributed by atoms with Crippen molar-refractivity contribution in [2.24, 2.45) is 0 Å². The van der Waals surface area contributed by atoms with Crippen LogP contribution in [-0.2, 0) is 21.5 Å². The Morgan fingerprint density at radius 1 is 1.20 bits per heavy atom. The third-order valence-corrected chi connectivity index (χ3v) is 6.35. The molecule has 2 aromatic carbocycles. The molecule has 7 nitrogen and oxygen atoms in total. The number of carbonyl (C=O) groups excluding carboxylic acids is 3. The molecular weight excluding hydrogens is 400 g/mol. The first kappa shape index (κ1) is 20.0. The topological polar surface area (TPSA) is 102 Å². The number of amides is 4. The highest BCUT2D eigenvalue weighted by molar-refractivity contribution is 7.99. The number of benzene rings is 2. The molecule has 1 aliphatic carbocycles. The number of aryl methyl sites for hydroxylation is 1. The SMILES string of the molecule is N#CCSc1ccccc1NC(=O)CN1C(=O)NC2(CCCc3ccccc32)C1=O. The van der Waals surface area contributed by atoms with Gasteiger partial charge in [-0.05, 0) is 42.5 Å². The summed E-state index contributed by atoms with van der Waals surface area (Å²) in [6, 6.07) is 16.2. The fraction of sp³-hybridized carbons (Fsp3) is 0.273. The predicted molar refractivity (Wildman–Crippen MR) is 113 cm³/mol. The van der Waals surface area contributed by atoms with Gasteiger partial charge in [0.15, 0.2) is 0 Å². The number of nitrogens with one attached hydrogen (secondary N) is 2. The highest BCUT2D eigenvalue weighted by Crippen LogP contribution is 2.39. The molecule has 2 N–H and O–H groups in total. The summed E-state index contributed by atoms with van der Waals surface area (Å²) in [5.74, 6) is -0.603. The number of hydrogen-bond donors (Lipinski definition) is 2. The standard InChI is InChI=1S/C22H20N4O3S/c23-12-13-30-18-10-4-3-9-17(18)24-19(27)14-26-20(28)22(25-21(26)29)11-5-7-15-6-1-2-8-16(15)22/h1-4,6,8-10H,5,7,11,13-14H2,(H,24,27)(H,25,29). The van der Waals surface area contributed by atoms with E-state index in [1.807, 2.05) is 30.3 Å². The highest BCUT2D eigenvalue weighted by Gasteiger charge is 2.54. The molecule has 1 unspecified atom stereocenters. The van der Waals surface area contributed by atoms with Crippen LogP contribution in [0.3, 0.4) is 0 Å². The summed E-state index contributed by atoms with van der Waals surface area (Å²) in [5.41, 5.74) is 1.32. The smallest absolute Gasteiger partial charge is 0.324 e. The number of nitriles is 1. The van der Waals surface area contributed by atoms with Crippen LogP contribution in [0.15, 0.2) is 53.4 Å². The Hall–Kier alpha value is -3.31. The maximum Gasteiger partial charge on any atom is 0.325 e. The van der Waals surface area contributed by atoms with E-state index in [0.29, 0.717) is 12.1 Å². The molecule has 152 valence electrons. The average Bonchev–Trinajstić information content (AvgIpc) is 2.98. The van der Waals surface area contributed by atoms with Gasteiger partial charge >= 0.3 is 6.03 Å². The zero-order valence-corrected chi connectivity index (χ0v) is 17.0. The fourth-order valence-electron chi connectivity index (χ4n) is 4.09. The molecule has 1 spiro atoms. The second-order valence-corrected chi connectivity index (χ2v) is 8.25. The Balaban J connectivity index is 1.52. The van der Waals surface area contributed by atoms with Crippen LogP contribution >= 0.6 is 11.8 Å². The van der Waals surface area contributed by atoms with Gasteiger partial charge in [0.25, 0.3) is 5.91 Å². The lowest BCUT2D eigenvalue weighted by Crippen LogP contribution is -2.47. The Labute approximate surface area is 178 Å². The van der Waals surface area contributed by atoms with E-state index in [9.17, 15) is 14.4 Å². The fourth-order valence-corrected chi connectivity index (χ4v) is 4.76. The monoisotopic (exact) mass is 420 g/mol. The number of nitrogens with zero attached hydrogens (tertiary/aromatic N) is 2. The van der Waals surface area contributed by atoms with Gasteiger partial charge in [0, 0.05) is 4.90 Å². The summed E-state index contributed by atoms with van der Waals surface area (Å²) >= 11 is 1.31. The number of carbonyl (C=O) groups is 3. The molecule has 4 amide bonds.